The maximum atomic E-state index is 12.8. The largest absolute Gasteiger partial charge is 0.391 e. The van der Waals surface area contributed by atoms with Gasteiger partial charge in [-0.1, -0.05) is 37.3 Å². The fourth-order valence-corrected chi connectivity index (χ4v) is 5.58. The van der Waals surface area contributed by atoms with Crippen LogP contribution >= 0.6 is 11.3 Å². The van der Waals surface area contributed by atoms with Crippen molar-refractivity contribution in [3.05, 3.63) is 62.5 Å². The molecule has 0 radical (unpaired) electrons. The Balaban J connectivity index is 1.50. The zero-order valence-electron chi connectivity index (χ0n) is 17.0. The first-order valence-corrected chi connectivity index (χ1v) is 11.4. The van der Waals surface area contributed by atoms with Gasteiger partial charge in [0.1, 0.15) is 10.7 Å². The summed E-state index contributed by atoms with van der Waals surface area (Å²) in [5.41, 5.74) is 2.35. The molecule has 1 atom stereocenters. The maximum Gasteiger partial charge on any atom is 0.259 e. The molecule has 6 heteroatoms. The summed E-state index contributed by atoms with van der Waals surface area (Å²) in [7, 11) is 0. The average molecular weight is 412 g/mol. The predicted molar refractivity (Wildman–Crippen MR) is 119 cm³/mol. The second-order valence-electron chi connectivity index (χ2n) is 7.98. The number of thiophene rings is 1. The number of aliphatic hydroxyl groups is 1. The molecule has 2 N–H and O–H groups in total. The molecule has 4 rings (SSSR count). The molecule has 1 aliphatic rings. The van der Waals surface area contributed by atoms with Crippen molar-refractivity contribution in [2.45, 2.75) is 58.1 Å². The van der Waals surface area contributed by atoms with Crippen LogP contribution < -0.4 is 5.56 Å². The summed E-state index contributed by atoms with van der Waals surface area (Å²) in [5, 5.41) is 11.4. The van der Waals surface area contributed by atoms with Crippen LogP contribution in [0.15, 0.2) is 35.1 Å². The van der Waals surface area contributed by atoms with Crippen molar-refractivity contribution < 1.29 is 5.11 Å². The molecular formula is C23H29N3O2S. The van der Waals surface area contributed by atoms with E-state index in [9.17, 15) is 9.90 Å². The number of aryl methyl sites for hydroxylation is 2. The highest BCUT2D eigenvalue weighted by Gasteiger charge is 2.20. The number of H-pyrrole nitrogens is 1. The summed E-state index contributed by atoms with van der Waals surface area (Å²) < 4.78 is 0. The number of benzene rings is 1. The van der Waals surface area contributed by atoms with Gasteiger partial charge in [0.2, 0.25) is 0 Å². The lowest BCUT2D eigenvalue weighted by Gasteiger charge is -2.24. The van der Waals surface area contributed by atoms with Crippen LogP contribution in [0.5, 0.6) is 0 Å². The molecule has 0 saturated heterocycles. The van der Waals surface area contributed by atoms with E-state index in [1.165, 1.54) is 16.9 Å². The average Bonchev–Trinajstić information content (AvgIpc) is 3.07. The molecule has 0 bridgehead atoms. The van der Waals surface area contributed by atoms with Gasteiger partial charge < -0.3 is 10.1 Å². The summed E-state index contributed by atoms with van der Waals surface area (Å²) in [6.45, 7) is 4.09. The molecule has 0 spiro atoms. The Bertz CT molecular complexity index is 1010. The predicted octanol–water partition coefficient (Wildman–Crippen LogP) is 3.68. The Kier molecular flexibility index (Phi) is 6.43. The number of aromatic nitrogens is 2. The fourth-order valence-electron chi connectivity index (χ4n) is 4.30. The van der Waals surface area contributed by atoms with Crippen molar-refractivity contribution in [1.82, 2.24) is 14.9 Å². The number of nitrogens with one attached hydrogen (secondary N) is 1. The van der Waals surface area contributed by atoms with Crippen LogP contribution in [0, 0.1) is 0 Å². The molecular weight excluding hydrogens is 382 g/mol. The van der Waals surface area contributed by atoms with Gasteiger partial charge in [0.25, 0.3) is 5.56 Å². The summed E-state index contributed by atoms with van der Waals surface area (Å²) >= 11 is 1.69. The van der Waals surface area contributed by atoms with E-state index < -0.39 is 6.10 Å². The maximum absolute atomic E-state index is 12.8. The van der Waals surface area contributed by atoms with Crippen molar-refractivity contribution >= 4 is 21.6 Å². The number of nitrogens with zero attached hydrogens (tertiary/aromatic N) is 2. The molecule has 3 aromatic rings. The molecule has 0 saturated carbocycles. The minimum Gasteiger partial charge on any atom is -0.391 e. The first-order valence-electron chi connectivity index (χ1n) is 10.6. The van der Waals surface area contributed by atoms with Crippen molar-refractivity contribution in [1.29, 1.82) is 0 Å². The van der Waals surface area contributed by atoms with Crippen molar-refractivity contribution in [3.8, 4) is 0 Å². The smallest absolute Gasteiger partial charge is 0.259 e. The summed E-state index contributed by atoms with van der Waals surface area (Å²) in [6, 6.07) is 10.1. The Morgan fingerprint density at radius 1 is 1.24 bits per heavy atom. The van der Waals surface area contributed by atoms with E-state index in [2.05, 4.69) is 16.8 Å². The lowest BCUT2D eigenvalue weighted by atomic mass is 9.97. The number of aromatic amines is 1. The number of hydrogen-bond donors (Lipinski definition) is 2. The molecule has 2 aromatic heterocycles. The molecule has 1 aliphatic carbocycles. The first-order chi connectivity index (χ1) is 14.1. The molecule has 0 unspecified atom stereocenters. The molecule has 29 heavy (non-hydrogen) atoms. The summed E-state index contributed by atoms with van der Waals surface area (Å²) in [4.78, 5) is 25.0. The van der Waals surface area contributed by atoms with Crippen molar-refractivity contribution in [2.24, 2.45) is 0 Å². The third kappa shape index (κ3) is 4.77. The Labute approximate surface area is 175 Å². The van der Waals surface area contributed by atoms with Crippen LogP contribution in [-0.4, -0.2) is 39.2 Å². The van der Waals surface area contributed by atoms with Crippen LogP contribution in [0.2, 0.25) is 0 Å². The summed E-state index contributed by atoms with van der Waals surface area (Å²) in [6.07, 6.45) is 5.58. The van der Waals surface area contributed by atoms with Crippen LogP contribution in [0.4, 0.5) is 0 Å². The Morgan fingerprint density at radius 3 is 2.83 bits per heavy atom. The zero-order chi connectivity index (χ0) is 20.2. The van der Waals surface area contributed by atoms with Gasteiger partial charge in [0.05, 0.1) is 18.0 Å². The topological polar surface area (TPSA) is 69.2 Å². The second kappa shape index (κ2) is 9.20. The zero-order valence-corrected chi connectivity index (χ0v) is 17.8. The van der Waals surface area contributed by atoms with Gasteiger partial charge in [-0.05, 0) is 56.2 Å². The molecule has 0 amide bonds. The highest BCUT2D eigenvalue weighted by molar-refractivity contribution is 7.18. The highest BCUT2D eigenvalue weighted by Crippen LogP contribution is 2.33. The molecule has 5 nitrogen and oxygen atoms in total. The van der Waals surface area contributed by atoms with Gasteiger partial charge in [0, 0.05) is 11.4 Å². The number of hydrogen-bond acceptors (Lipinski definition) is 5. The van der Waals surface area contributed by atoms with Crippen molar-refractivity contribution in [2.75, 3.05) is 13.1 Å². The van der Waals surface area contributed by atoms with Crippen LogP contribution in [0.1, 0.15) is 48.0 Å². The third-order valence-corrected chi connectivity index (χ3v) is 6.76. The SMILES string of the molecule is CCCN(Cc1nc2sc3c(c2c(=O)[nH]1)CCCC3)C[C@@H](O)Cc1ccccc1. The minimum absolute atomic E-state index is 0.00863. The Morgan fingerprint density at radius 2 is 2.03 bits per heavy atom. The normalized spacial score (nSPS) is 15.0. The van der Waals surface area contributed by atoms with Gasteiger partial charge in [-0.2, -0.15) is 0 Å². The monoisotopic (exact) mass is 411 g/mol. The van der Waals surface area contributed by atoms with E-state index in [0.717, 1.165) is 48.0 Å². The van der Waals surface area contributed by atoms with Crippen molar-refractivity contribution in [3.63, 3.8) is 0 Å². The van der Waals surface area contributed by atoms with E-state index in [1.54, 1.807) is 11.3 Å². The second-order valence-corrected chi connectivity index (χ2v) is 9.07. The highest BCUT2D eigenvalue weighted by atomic mass is 32.1. The quantitative estimate of drug-likeness (QED) is 0.593. The van der Waals surface area contributed by atoms with E-state index >= 15 is 0 Å². The number of aliphatic hydroxyl groups excluding tert-OH is 1. The lowest BCUT2D eigenvalue weighted by molar-refractivity contribution is 0.107. The van der Waals surface area contributed by atoms with Gasteiger partial charge in [-0.3, -0.25) is 9.69 Å². The standard InChI is InChI=1S/C23H29N3O2S/c1-2-12-26(14-17(27)13-16-8-4-3-5-9-16)15-20-24-22(28)21-18-10-6-7-11-19(18)29-23(21)25-20/h3-5,8-9,17,27H,2,6-7,10-15H2,1H3,(H,24,25,28)/t17-/m0/s1. The molecule has 1 aromatic carbocycles. The van der Waals surface area contributed by atoms with E-state index in [-0.39, 0.29) is 5.56 Å². The minimum atomic E-state index is -0.451. The van der Waals surface area contributed by atoms with Crippen LogP contribution in [-0.2, 0) is 25.8 Å². The fraction of sp³-hybridized carbons (Fsp3) is 0.478. The van der Waals surface area contributed by atoms with E-state index in [0.29, 0.717) is 25.3 Å². The number of fused-ring (bicyclic) bond motifs is 3. The van der Waals surface area contributed by atoms with Gasteiger partial charge >= 0.3 is 0 Å². The lowest BCUT2D eigenvalue weighted by Crippen LogP contribution is -2.34. The molecule has 0 fully saturated rings. The first kappa shape index (κ1) is 20.3. The third-order valence-electron chi connectivity index (χ3n) is 5.57. The van der Waals surface area contributed by atoms with Gasteiger partial charge in [0.15, 0.2) is 0 Å². The Hall–Kier alpha value is -2.02. The number of rotatable bonds is 8. The van der Waals surface area contributed by atoms with E-state index in [1.807, 2.05) is 30.3 Å². The van der Waals surface area contributed by atoms with Crippen LogP contribution in [0.25, 0.3) is 10.2 Å². The summed E-state index contributed by atoms with van der Waals surface area (Å²) in [5.74, 6) is 0.696. The molecule has 0 aliphatic heterocycles. The van der Waals surface area contributed by atoms with Gasteiger partial charge in [-0.25, -0.2) is 4.98 Å². The van der Waals surface area contributed by atoms with E-state index in [4.69, 9.17) is 4.98 Å². The van der Waals surface area contributed by atoms with Crippen LogP contribution in [0.3, 0.4) is 0 Å². The van der Waals surface area contributed by atoms with Gasteiger partial charge in [-0.15, -0.1) is 11.3 Å². The molecule has 154 valence electrons. The molecule has 2 heterocycles.